The van der Waals surface area contributed by atoms with Gasteiger partial charge in [-0.1, -0.05) is 11.2 Å². The first-order valence-corrected chi connectivity index (χ1v) is 7.64. The third-order valence-electron chi connectivity index (χ3n) is 3.43. The summed E-state index contributed by atoms with van der Waals surface area (Å²) in [7, 11) is 3.04. The molecule has 0 atom stereocenters. The molecule has 9 heteroatoms. The summed E-state index contributed by atoms with van der Waals surface area (Å²) in [5, 5.41) is 14.1. The Balaban J connectivity index is 2.01. The van der Waals surface area contributed by atoms with Crippen molar-refractivity contribution in [2.45, 2.75) is 0 Å². The average Bonchev–Trinajstić information content (AvgIpc) is 2.70. The van der Waals surface area contributed by atoms with E-state index in [4.69, 9.17) is 20.0 Å². The molecule has 2 N–H and O–H groups in total. The maximum atomic E-state index is 11.8. The number of carbonyl (C=O) groups is 1. The Morgan fingerprint density at radius 3 is 2.37 bits per heavy atom. The second-order valence-electron chi connectivity index (χ2n) is 5.14. The predicted molar refractivity (Wildman–Crippen MR) is 98.5 cm³/mol. The third kappa shape index (κ3) is 5.30. The number of hydrogen-bond donors (Lipinski definition) is 1. The van der Waals surface area contributed by atoms with Crippen LogP contribution in [0.1, 0.15) is 11.1 Å². The van der Waals surface area contributed by atoms with Gasteiger partial charge in [-0.05, 0) is 35.9 Å². The number of hydrogen-bond acceptors (Lipinski definition) is 7. The Morgan fingerprint density at radius 2 is 1.78 bits per heavy atom. The van der Waals surface area contributed by atoms with Gasteiger partial charge in [-0.3, -0.25) is 10.1 Å². The molecule has 0 saturated heterocycles. The number of methoxy groups -OCH3 is 2. The first kappa shape index (κ1) is 19.4. The smallest absolute Gasteiger partial charge is 0.358 e. The molecule has 0 saturated carbocycles. The quantitative estimate of drug-likeness (QED) is 0.198. The summed E-state index contributed by atoms with van der Waals surface area (Å²) in [6.07, 6.45) is 2.69. The highest BCUT2D eigenvalue weighted by atomic mass is 16.7. The molecule has 0 aliphatic carbocycles. The van der Waals surface area contributed by atoms with Crippen LogP contribution in [0.2, 0.25) is 0 Å². The molecule has 2 rings (SSSR count). The maximum Gasteiger partial charge on any atom is 0.358 e. The van der Waals surface area contributed by atoms with Crippen LogP contribution in [0.5, 0.6) is 11.5 Å². The summed E-state index contributed by atoms with van der Waals surface area (Å²) in [6, 6.07) is 10.5. The SMILES string of the molecule is COc1ccc(/C=C/C(=O)O/N=C(/N)c2ccc([N+](=O)[O-])cc2)cc1OC. The highest BCUT2D eigenvalue weighted by Crippen LogP contribution is 2.27. The zero-order valence-electron chi connectivity index (χ0n) is 14.6. The van der Waals surface area contributed by atoms with Crippen molar-refractivity contribution in [3.63, 3.8) is 0 Å². The molecule has 140 valence electrons. The third-order valence-corrected chi connectivity index (χ3v) is 3.43. The Kier molecular flexibility index (Phi) is 6.48. The van der Waals surface area contributed by atoms with Crippen molar-refractivity contribution in [1.29, 1.82) is 0 Å². The number of oxime groups is 1. The normalized spacial score (nSPS) is 11.3. The number of nitro groups is 1. The van der Waals surface area contributed by atoms with Crippen LogP contribution in [0.3, 0.4) is 0 Å². The molecule has 0 aliphatic rings. The lowest BCUT2D eigenvalue weighted by molar-refractivity contribution is -0.384. The van der Waals surface area contributed by atoms with Gasteiger partial charge in [0.1, 0.15) is 0 Å². The molecule has 27 heavy (non-hydrogen) atoms. The number of carbonyl (C=O) groups excluding carboxylic acids is 1. The lowest BCUT2D eigenvalue weighted by atomic mass is 10.2. The number of non-ortho nitro benzene ring substituents is 1. The standard InChI is InChI=1S/C18H17N3O6/c1-25-15-9-3-12(11-16(15)26-2)4-10-17(22)27-20-18(19)13-5-7-14(8-6-13)21(23)24/h3-11H,1-2H3,(H2,19,20)/b10-4+. The van der Waals surface area contributed by atoms with Gasteiger partial charge in [0, 0.05) is 23.8 Å². The number of nitrogens with two attached hydrogens (primary N) is 1. The van der Waals surface area contributed by atoms with Gasteiger partial charge >= 0.3 is 5.97 Å². The fourth-order valence-electron chi connectivity index (χ4n) is 2.05. The summed E-state index contributed by atoms with van der Waals surface area (Å²) in [5.41, 5.74) is 6.69. The highest BCUT2D eigenvalue weighted by Gasteiger charge is 2.07. The van der Waals surface area contributed by atoms with E-state index in [2.05, 4.69) is 5.16 Å². The number of nitrogens with zero attached hydrogens (tertiary/aromatic N) is 2. The predicted octanol–water partition coefficient (Wildman–Crippen LogP) is 2.49. The first-order valence-electron chi connectivity index (χ1n) is 7.64. The second-order valence-corrected chi connectivity index (χ2v) is 5.14. The van der Waals surface area contributed by atoms with Gasteiger partial charge in [-0.25, -0.2) is 4.79 Å². The maximum absolute atomic E-state index is 11.8. The van der Waals surface area contributed by atoms with E-state index in [0.29, 0.717) is 22.6 Å². The molecule has 9 nitrogen and oxygen atoms in total. The van der Waals surface area contributed by atoms with Crippen molar-refractivity contribution in [3.05, 3.63) is 69.8 Å². The average molecular weight is 371 g/mol. The lowest BCUT2D eigenvalue weighted by Crippen LogP contribution is -2.14. The van der Waals surface area contributed by atoms with E-state index in [1.54, 1.807) is 18.2 Å². The van der Waals surface area contributed by atoms with E-state index < -0.39 is 10.9 Å². The van der Waals surface area contributed by atoms with Crippen molar-refractivity contribution in [2.75, 3.05) is 14.2 Å². The Bertz CT molecular complexity index is 890. The molecular formula is C18H17N3O6. The summed E-state index contributed by atoms with van der Waals surface area (Å²) < 4.78 is 10.3. The van der Waals surface area contributed by atoms with E-state index in [9.17, 15) is 14.9 Å². The van der Waals surface area contributed by atoms with Crippen molar-refractivity contribution in [2.24, 2.45) is 10.9 Å². The zero-order chi connectivity index (χ0) is 19.8. The molecule has 0 aliphatic heterocycles. The van der Waals surface area contributed by atoms with Gasteiger partial charge in [-0.15, -0.1) is 0 Å². The minimum Gasteiger partial charge on any atom is -0.493 e. The van der Waals surface area contributed by atoms with E-state index in [1.165, 1.54) is 50.6 Å². The van der Waals surface area contributed by atoms with Gasteiger partial charge in [0.05, 0.1) is 19.1 Å². The van der Waals surface area contributed by atoms with Crippen molar-refractivity contribution in [1.82, 2.24) is 0 Å². The van der Waals surface area contributed by atoms with Crippen molar-refractivity contribution < 1.29 is 24.0 Å². The fraction of sp³-hybridized carbons (Fsp3) is 0.111. The van der Waals surface area contributed by atoms with Crippen LogP contribution in [0.25, 0.3) is 6.08 Å². The molecule has 0 fully saturated rings. The monoisotopic (exact) mass is 371 g/mol. The van der Waals surface area contributed by atoms with Gasteiger partial charge in [-0.2, -0.15) is 0 Å². The number of benzene rings is 2. The number of nitro benzene ring substituents is 1. The van der Waals surface area contributed by atoms with Crippen LogP contribution in [0, 0.1) is 10.1 Å². The van der Waals surface area contributed by atoms with Crippen LogP contribution in [0.4, 0.5) is 5.69 Å². The summed E-state index contributed by atoms with van der Waals surface area (Å²) >= 11 is 0. The molecule has 0 amide bonds. The van der Waals surface area contributed by atoms with E-state index >= 15 is 0 Å². The fourth-order valence-corrected chi connectivity index (χ4v) is 2.05. The zero-order valence-corrected chi connectivity index (χ0v) is 14.6. The summed E-state index contributed by atoms with van der Waals surface area (Å²) in [4.78, 5) is 26.5. The van der Waals surface area contributed by atoms with Crippen LogP contribution in [0.15, 0.2) is 53.7 Å². The lowest BCUT2D eigenvalue weighted by Gasteiger charge is -2.07. The van der Waals surface area contributed by atoms with Crippen molar-refractivity contribution in [3.8, 4) is 11.5 Å². The van der Waals surface area contributed by atoms with E-state index in [0.717, 1.165) is 0 Å². The van der Waals surface area contributed by atoms with E-state index in [-0.39, 0.29) is 11.5 Å². The van der Waals surface area contributed by atoms with E-state index in [1.807, 2.05) is 0 Å². The summed E-state index contributed by atoms with van der Waals surface area (Å²) in [6.45, 7) is 0. The second kappa shape index (κ2) is 8.99. The molecule has 2 aromatic carbocycles. The molecular weight excluding hydrogens is 354 g/mol. The van der Waals surface area contributed by atoms with Gasteiger partial charge in [0.2, 0.25) is 0 Å². The Hall–Kier alpha value is -3.88. The number of ether oxygens (including phenoxy) is 2. The summed E-state index contributed by atoms with van der Waals surface area (Å²) in [5.74, 6) is 0.263. The van der Waals surface area contributed by atoms with Crippen molar-refractivity contribution >= 4 is 23.6 Å². The van der Waals surface area contributed by atoms with Gasteiger partial charge in [0.25, 0.3) is 5.69 Å². The Labute approximate surface area is 154 Å². The minimum absolute atomic E-state index is 0.0820. The molecule has 0 radical (unpaired) electrons. The van der Waals surface area contributed by atoms with Crippen LogP contribution in [-0.4, -0.2) is 30.9 Å². The Morgan fingerprint density at radius 1 is 1.11 bits per heavy atom. The molecule has 0 aromatic heterocycles. The first-order chi connectivity index (χ1) is 12.9. The van der Waals surface area contributed by atoms with Crippen LogP contribution < -0.4 is 15.2 Å². The highest BCUT2D eigenvalue weighted by molar-refractivity contribution is 5.98. The van der Waals surface area contributed by atoms with Gasteiger partial charge < -0.3 is 20.0 Å². The number of rotatable bonds is 7. The molecule has 2 aromatic rings. The molecule has 0 bridgehead atoms. The topological polar surface area (TPSA) is 126 Å². The molecule has 0 heterocycles. The largest absolute Gasteiger partial charge is 0.493 e. The number of amidine groups is 1. The van der Waals surface area contributed by atoms with Crippen LogP contribution >= 0.6 is 0 Å². The van der Waals surface area contributed by atoms with Crippen LogP contribution in [-0.2, 0) is 9.63 Å². The minimum atomic E-state index is -0.741. The molecule has 0 unspecified atom stereocenters. The molecule has 0 spiro atoms. The van der Waals surface area contributed by atoms with Gasteiger partial charge in [0.15, 0.2) is 17.3 Å².